The van der Waals surface area contributed by atoms with Crippen molar-refractivity contribution in [3.05, 3.63) is 65.2 Å². The molecule has 2 aromatic carbocycles. The van der Waals surface area contributed by atoms with E-state index in [0.717, 1.165) is 17.7 Å². The molecule has 0 aliphatic heterocycles. The Labute approximate surface area is 132 Å². The first-order chi connectivity index (χ1) is 10.5. The molecular weight excluding hydrogens is 304 g/mol. The molecule has 0 aromatic heterocycles. The molecule has 1 amide bonds. The molecule has 0 aliphatic rings. The number of hydrogen-bond acceptors (Lipinski definition) is 2. The average Bonchev–Trinajstić information content (AvgIpc) is 2.48. The number of anilines is 1. The third kappa shape index (κ3) is 4.56. The minimum atomic E-state index is -0.974. The van der Waals surface area contributed by atoms with E-state index in [1.54, 1.807) is 6.92 Å². The Bertz CT molecular complexity index is 675. The highest BCUT2D eigenvalue weighted by Crippen LogP contribution is 2.20. The summed E-state index contributed by atoms with van der Waals surface area (Å²) in [5.74, 6) is -1.42. The lowest BCUT2D eigenvalue weighted by Crippen LogP contribution is -2.22. The van der Waals surface area contributed by atoms with Crippen LogP contribution in [-0.2, 0) is 10.5 Å². The normalized spacial score (nSPS) is 12.0. The van der Waals surface area contributed by atoms with Crippen LogP contribution in [0.2, 0.25) is 0 Å². The molecule has 0 aliphatic carbocycles. The highest BCUT2D eigenvalue weighted by molar-refractivity contribution is 7.99. The van der Waals surface area contributed by atoms with Crippen LogP contribution in [0.3, 0.4) is 0 Å². The van der Waals surface area contributed by atoms with E-state index in [1.807, 2.05) is 25.1 Å². The summed E-state index contributed by atoms with van der Waals surface area (Å²) in [6.07, 6.45) is 0. The summed E-state index contributed by atoms with van der Waals surface area (Å²) in [5, 5.41) is 2.29. The number of carbonyl (C=O) groups is 1. The molecule has 0 spiro atoms. The summed E-state index contributed by atoms with van der Waals surface area (Å²) in [4.78, 5) is 12.0. The van der Waals surface area contributed by atoms with Crippen molar-refractivity contribution >= 4 is 23.4 Å². The van der Waals surface area contributed by atoms with Gasteiger partial charge in [-0.2, -0.15) is 0 Å². The van der Waals surface area contributed by atoms with Gasteiger partial charge < -0.3 is 5.32 Å². The smallest absolute Gasteiger partial charge is 0.237 e. The van der Waals surface area contributed by atoms with Gasteiger partial charge in [-0.25, -0.2) is 8.78 Å². The fraction of sp³-hybridized carbons (Fsp3) is 0.235. The van der Waals surface area contributed by atoms with Gasteiger partial charge in [0.05, 0.1) is 5.25 Å². The Balaban J connectivity index is 1.90. The molecule has 0 saturated carbocycles. The molecule has 0 fully saturated rings. The summed E-state index contributed by atoms with van der Waals surface area (Å²) >= 11 is 1.49. The maximum absolute atomic E-state index is 13.1. The van der Waals surface area contributed by atoms with Crippen LogP contribution < -0.4 is 5.32 Å². The first-order valence-electron chi connectivity index (χ1n) is 6.89. The van der Waals surface area contributed by atoms with Crippen LogP contribution in [0, 0.1) is 18.6 Å². The second-order valence-corrected chi connectivity index (χ2v) is 6.39. The third-order valence-corrected chi connectivity index (χ3v) is 4.35. The van der Waals surface area contributed by atoms with Crippen LogP contribution in [0.15, 0.2) is 42.5 Å². The number of benzene rings is 2. The third-order valence-electron chi connectivity index (χ3n) is 3.14. The molecule has 1 atom stereocenters. The van der Waals surface area contributed by atoms with Gasteiger partial charge in [0.25, 0.3) is 0 Å². The first-order valence-corrected chi connectivity index (χ1v) is 7.93. The molecule has 1 unspecified atom stereocenters. The minimum absolute atomic E-state index is 0.233. The number of aryl methyl sites for hydroxylation is 1. The molecule has 5 heteroatoms. The fourth-order valence-corrected chi connectivity index (χ4v) is 2.75. The number of hydrogen-bond donors (Lipinski definition) is 1. The molecular formula is C17H17F2NOS. The topological polar surface area (TPSA) is 29.1 Å². The Hall–Kier alpha value is -1.88. The van der Waals surface area contributed by atoms with Crippen LogP contribution in [-0.4, -0.2) is 11.2 Å². The Kier molecular flexibility index (Phi) is 5.55. The van der Waals surface area contributed by atoms with E-state index in [4.69, 9.17) is 0 Å². The number of amides is 1. The van der Waals surface area contributed by atoms with Gasteiger partial charge in [-0.05, 0) is 31.5 Å². The van der Waals surface area contributed by atoms with Gasteiger partial charge >= 0.3 is 0 Å². The number of halogens is 2. The second-order valence-electron chi connectivity index (χ2n) is 5.06. The van der Waals surface area contributed by atoms with Crippen LogP contribution in [0.5, 0.6) is 0 Å². The van der Waals surface area contributed by atoms with Gasteiger partial charge in [0.1, 0.15) is 0 Å². The zero-order valence-electron chi connectivity index (χ0n) is 12.4. The van der Waals surface area contributed by atoms with E-state index in [9.17, 15) is 13.6 Å². The molecule has 22 heavy (non-hydrogen) atoms. The minimum Gasteiger partial charge on any atom is -0.325 e. The predicted molar refractivity (Wildman–Crippen MR) is 86.9 cm³/mol. The van der Waals surface area contributed by atoms with E-state index in [2.05, 4.69) is 11.4 Å². The lowest BCUT2D eigenvalue weighted by molar-refractivity contribution is -0.115. The summed E-state index contributed by atoms with van der Waals surface area (Å²) in [6, 6.07) is 11.4. The SMILES string of the molecule is Cc1cccc(CSC(C)C(=O)Nc2ccc(F)c(F)c2)c1. The lowest BCUT2D eigenvalue weighted by atomic mass is 10.2. The highest BCUT2D eigenvalue weighted by atomic mass is 32.2. The Morgan fingerprint density at radius 1 is 1.18 bits per heavy atom. The van der Waals surface area contributed by atoms with Crippen LogP contribution in [0.4, 0.5) is 14.5 Å². The van der Waals surface area contributed by atoms with Crippen molar-refractivity contribution in [2.75, 3.05) is 5.32 Å². The Morgan fingerprint density at radius 3 is 2.64 bits per heavy atom. The van der Waals surface area contributed by atoms with Crippen molar-refractivity contribution in [1.29, 1.82) is 0 Å². The maximum Gasteiger partial charge on any atom is 0.237 e. The standard InChI is InChI=1S/C17H17F2NOS/c1-11-4-3-5-13(8-11)10-22-12(2)17(21)20-14-6-7-15(18)16(19)9-14/h3-9,12H,10H2,1-2H3,(H,20,21). The number of thioether (sulfide) groups is 1. The molecule has 2 aromatic rings. The van der Waals surface area contributed by atoms with Gasteiger partial charge in [0, 0.05) is 17.5 Å². The monoisotopic (exact) mass is 321 g/mol. The molecule has 0 heterocycles. The van der Waals surface area contributed by atoms with Crippen LogP contribution in [0.1, 0.15) is 18.1 Å². The molecule has 1 N–H and O–H groups in total. The molecule has 0 bridgehead atoms. The summed E-state index contributed by atoms with van der Waals surface area (Å²) in [7, 11) is 0. The summed E-state index contributed by atoms with van der Waals surface area (Å²) < 4.78 is 26.0. The summed E-state index contributed by atoms with van der Waals surface area (Å²) in [5.41, 5.74) is 2.58. The zero-order valence-corrected chi connectivity index (χ0v) is 13.2. The first kappa shape index (κ1) is 16.5. The molecule has 0 radical (unpaired) electrons. The quantitative estimate of drug-likeness (QED) is 0.876. The largest absolute Gasteiger partial charge is 0.325 e. The van der Waals surface area contributed by atoms with E-state index < -0.39 is 11.6 Å². The van der Waals surface area contributed by atoms with Crippen molar-refractivity contribution in [3.8, 4) is 0 Å². The van der Waals surface area contributed by atoms with Crippen LogP contribution in [0.25, 0.3) is 0 Å². The van der Waals surface area contributed by atoms with Crippen molar-refractivity contribution in [2.45, 2.75) is 24.9 Å². The number of carbonyl (C=O) groups excluding carboxylic acids is 1. The highest BCUT2D eigenvalue weighted by Gasteiger charge is 2.14. The molecule has 2 rings (SSSR count). The van der Waals surface area contributed by atoms with E-state index in [-0.39, 0.29) is 16.8 Å². The van der Waals surface area contributed by atoms with Gasteiger partial charge in [-0.1, -0.05) is 29.8 Å². The second kappa shape index (κ2) is 7.40. The fourth-order valence-electron chi connectivity index (χ4n) is 1.92. The zero-order chi connectivity index (χ0) is 16.1. The molecule has 2 nitrogen and oxygen atoms in total. The average molecular weight is 321 g/mol. The maximum atomic E-state index is 13.1. The van der Waals surface area contributed by atoms with Crippen molar-refractivity contribution in [3.63, 3.8) is 0 Å². The van der Waals surface area contributed by atoms with Crippen molar-refractivity contribution in [1.82, 2.24) is 0 Å². The number of nitrogens with one attached hydrogen (secondary N) is 1. The molecule has 116 valence electrons. The lowest BCUT2D eigenvalue weighted by Gasteiger charge is -2.12. The summed E-state index contributed by atoms with van der Waals surface area (Å²) in [6.45, 7) is 3.81. The Morgan fingerprint density at radius 2 is 1.95 bits per heavy atom. The van der Waals surface area contributed by atoms with Crippen molar-refractivity contribution in [2.24, 2.45) is 0 Å². The van der Waals surface area contributed by atoms with E-state index in [0.29, 0.717) is 5.75 Å². The van der Waals surface area contributed by atoms with Crippen LogP contribution >= 0.6 is 11.8 Å². The predicted octanol–water partition coefficient (Wildman–Crippen LogP) is 4.53. The number of rotatable bonds is 5. The van der Waals surface area contributed by atoms with E-state index in [1.165, 1.54) is 23.4 Å². The van der Waals surface area contributed by atoms with E-state index >= 15 is 0 Å². The van der Waals surface area contributed by atoms with Gasteiger partial charge in [0.15, 0.2) is 11.6 Å². The van der Waals surface area contributed by atoms with Gasteiger partial charge in [-0.3, -0.25) is 4.79 Å². The van der Waals surface area contributed by atoms with Crippen molar-refractivity contribution < 1.29 is 13.6 Å². The molecule has 0 saturated heterocycles. The van der Waals surface area contributed by atoms with Gasteiger partial charge in [0.2, 0.25) is 5.91 Å². The van der Waals surface area contributed by atoms with Gasteiger partial charge in [-0.15, -0.1) is 11.8 Å².